The van der Waals surface area contributed by atoms with Crippen LogP contribution in [-0.4, -0.2) is 22.6 Å². The maximum atomic E-state index is 11.1. The molecule has 99 valence electrons. The highest BCUT2D eigenvalue weighted by atomic mass is 32.1. The molecule has 1 aliphatic rings. The smallest absolute Gasteiger partial charge is 0.311 e. The van der Waals surface area contributed by atoms with Gasteiger partial charge in [0.15, 0.2) is 0 Å². The van der Waals surface area contributed by atoms with Gasteiger partial charge < -0.3 is 10.1 Å². The fourth-order valence-electron chi connectivity index (χ4n) is 2.12. The Kier molecular flexibility index (Phi) is 3.31. The number of pyridine rings is 1. The molecule has 0 amide bonds. The number of rotatable bonds is 3. The third kappa shape index (κ3) is 2.39. The minimum atomic E-state index is -0.399. The molecule has 0 unspecified atom stereocenters. The number of hydrogen-bond donors (Lipinski definition) is 1. The van der Waals surface area contributed by atoms with Gasteiger partial charge in [0.2, 0.25) is 0 Å². The van der Waals surface area contributed by atoms with E-state index < -0.39 is 4.92 Å². The molecule has 0 saturated carbocycles. The molecule has 1 N–H and O–H groups in total. The number of anilines is 1. The van der Waals surface area contributed by atoms with E-state index in [1.54, 1.807) is 6.61 Å². The average molecular weight is 278 g/mol. The zero-order valence-corrected chi connectivity index (χ0v) is 10.9. The first-order valence-electron chi connectivity index (χ1n) is 5.96. The molecular weight excluding hydrogens is 266 g/mol. The van der Waals surface area contributed by atoms with Gasteiger partial charge in [-0.25, -0.2) is 4.98 Å². The maximum absolute atomic E-state index is 11.1. The van der Waals surface area contributed by atoms with Gasteiger partial charge in [-0.1, -0.05) is 0 Å². The van der Waals surface area contributed by atoms with Crippen LogP contribution in [0.2, 0.25) is 0 Å². The monoisotopic (exact) mass is 278 g/mol. The van der Waals surface area contributed by atoms with Gasteiger partial charge in [0.25, 0.3) is 0 Å². The molecule has 6 nitrogen and oxygen atoms in total. The van der Waals surface area contributed by atoms with Gasteiger partial charge in [-0.05, 0) is 24.3 Å². The van der Waals surface area contributed by atoms with Crippen LogP contribution in [0.4, 0.5) is 11.4 Å². The summed E-state index contributed by atoms with van der Waals surface area (Å²) >= 11 is 1.46. The molecule has 19 heavy (non-hydrogen) atoms. The molecule has 0 bridgehead atoms. The normalized spacial score (nSPS) is 19.5. The van der Waals surface area contributed by atoms with Crippen LogP contribution in [0.3, 0.4) is 0 Å². The Labute approximate surface area is 113 Å². The predicted molar refractivity (Wildman–Crippen MR) is 73.2 cm³/mol. The fraction of sp³-hybridized carbons (Fsp3) is 0.333. The van der Waals surface area contributed by atoms with Crippen molar-refractivity contribution in [3.8, 4) is 0 Å². The highest BCUT2D eigenvalue weighted by molar-refractivity contribution is 7.17. The van der Waals surface area contributed by atoms with E-state index in [9.17, 15) is 10.1 Å². The summed E-state index contributed by atoms with van der Waals surface area (Å²) in [5, 5.41) is 16.3. The van der Waals surface area contributed by atoms with Crippen molar-refractivity contribution in [2.24, 2.45) is 0 Å². The van der Waals surface area contributed by atoms with E-state index in [4.69, 9.17) is 4.74 Å². The summed E-state index contributed by atoms with van der Waals surface area (Å²) in [5.74, 6) is 0. The number of hydrogen-bond acceptors (Lipinski definition) is 6. The summed E-state index contributed by atoms with van der Waals surface area (Å²) in [6, 6.07) is 1.96. The summed E-state index contributed by atoms with van der Waals surface area (Å²) < 4.78 is 6.10. The zero-order valence-electron chi connectivity index (χ0n) is 10.0. The second-order valence-corrected chi connectivity index (χ2v) is 5.25. The Balaban J connectivity index is 2.00. The highest BCUT2D eigenvalue weighted by Gasteiger charge is 2.23. The Bertz CT molecular complexity index is 607. The molecule has 1 saturated heterocycles. The van der Waals surface area contributed by atoms with Gasteiger partial charge in [0.05, 0.1) is 28.4 Å². The molecule has 1 atom stereocenters. The Morgan fingerprint density at radius 3 is 3.21 bits per heavy atom. The molecule has 2 aromatic heterocycles. The Hall–Kier alpha value is -1.73. The van der Waals surface area contributed by atoms with Crippen molar-refractivity contribution in [1.29, 1.82) is 0 Å². The molecule has 0 aromatic carbocycles. The van der Waals surface area contributed by atoms with E-state index in [-0.39, 0.29) is 11.7 Å². The minimum Gasteiger partial charge on any atom is -0.373 e. The number of nitrogens with zero attached hydrogens (tertiary/aromatic N) is 2. The molecule has 1 fully saturated rings. The Morgan fingerprint density at radius 1 is 1.58 bits per heavy atom. The Morgan fingerprint density at radius 2 is 2.47 bits per heavy atom. The molecule has 3 heterocycles. The van der Waals surface area contributed by atoms with Gasteiger partial charge >= 0.3 is 5.69 Å². The standard InChI is InChI=1S/C12H12N3O3S/c16-15(17)10-6-13-9-3-5-19-12(9)11(10)14-8-2-1-4-18-7-8/h3-6,8H,1-2,7H2,(H,13,14)/t8-/m0/s1. The largest absolute Gasteiger partial charge is 0.373 e. The van der Waals surface area contributed by atoms with Crippen molar-refractivity contribution in [2.75, 3.05) is 11.9 Å². The van der Waals surface area contributed by atoms with Crippen LogP contribution < -0.4 is 5.32 Å². The molecule has 0 spiro atoms. The van der Waals surface area contributed by atoms with Crippen LogP contribution in [0, 0.1) is 16.7 Å². The van der Waals surface area contributed by atoms with Gasteiger partial charge in [-0.2, -0.15) is 0 Å². The van der Waals surface area contributed by atoms with Crippen LogP contribution in [0.1, 0.15) is 12.8 Å². The van der Waals surface area contributed by atoms with Crippen molar-refractivity contribution in [1.82, 2.24) is 4.98 Å². The summed E-state index contributed by atoms with van der Waals surface area (Å²) in [7, 11) is 0. The van der Waals surface area contributed by atoms with Crippen molar-refractivity contribution in [3.05, 3.63) is 34.4 Å². The summed E-state index contributed by atoms with van der Waals surface area (Å²) in [6.45, 7) is 2.31. The van der Waals surface area contributed by atoms with Crippen molar-refractivity contribution in [3.63, 3.8) is 0 Å². The lowest BCUT2D eigenvalue weighted by atomic mass is 10.1. The topological polar surface area (TPSA) is 77.3 Å². The van der Waals surface area contributed by atoms with E-state index >= 15 is 0 Å². The molecule has 1 aliphatic heterocycles. The number of thiophene rings is 1. The predicted octanol–water partition coefficient (Wildman–Crippen LogP) is 2.96. The SMILES string of the molecule is O=[N+]([O-])c1cnc2ccsc2c1N[C@H]1CC[CH]OC1. The lowest BCUT2D eigenvalue weighted by Gasteiger charge is -2.23. The lowest BCUT2D eigenvalue weighted by Crippen LogP contribution is -2.28. The minimum absolute atomic E-state index is 0.0181. The molecule has 2 aromatic rings. The summed E-state index contributed by atoms with van der Waals surface area (Å²) in [4.78, 5) is 14.8. The molecule has 0 aliphatic carbocycles. The van der Waals surface area contributed by atoms with Gasteiger partial charge in [0.1, 0.15) is 11.9 Å². The van der Waals surface area contributed by atoms with Crippen LogP contribution in [-0.2, 0) is 4.74 Å². The number of fused-ring (bicyclic) bond motifs is 1. The number of nitro groups is 1. The second kappa shape index (κ2) is 5.10. The lowest BCUT2D eigenvalue weighted by molar-refractivity contribution is -0.384. The first-order valence-corrected chi connectivity index (χ1v) is 6.84. The quantitative estimate of drug-likeness (QED) is 0.690. The van der Waals surface area contributed by atoms with Crippen molar-refractivity contribution in [2.45, 2.75) is 18.9 Å². The van der Waals surface area contributed by atoms with Gasteiger partial charge in [-0.3, -0.25) is 10.1 Å². The van der Waals surface area contributed by atoms with Crippen molar-refractivity contribution >= 4 is 32.9 Å². The van der Waals surface area contributed by atoms with Crippen LogP contribution >= 0.6 is 11.3 Å². The molecular formula is C12H12N3O3S. The van der Waals surface area contributed by atoms with Crippen LogP contribution in [0.25, 0.3) is 10.2 Å². The average Bonchev–Trinajstić information content (AvgIpc) is 2.88. The summed E-state index contributed by atoms with van der Waals surface area (Å²) in [6.07, 6.45) is 3.07. The third-order valence-corrected chi connectivity index (χ3v) is 3.97. The van der Waals surface area contributed by atoms with E-state index in [1.165, 1.54) is 17.5 Å². The summed E-state index contributed by atoms with van der Waals surface area (Å²) in [5.41, 5.74) is 1.35. The second-order valence-electron chi connectivity index (χ2n) is 4.33. The molecule has 7 heteroatoms. The van der Waals surface area contributed by atoms with Gasteiger partial charge in [-0.15, -0.1) is 11.3 Å². The van der Waals surface area contributed by atoms with E-state index in [0.29, 0.717) is 12.3 Å². The first-order chi connectivity index (χ1) is 9.25. The maximum Gasteiger partial charge on any atom is 0.311 e. The van der Waals surface area contributed by atoms with E-state index in [2.05, 4.69) is 10.3 Å². The number of aromatic nitrogens is 1. The number of ether oxygens (including phenoxy) is 1. The third-order valence-electron chi connectivity index (χ3n) is 3.05. The van der Waals surface area contributed by atoms with Gasteiger partial charge in [0, 0.05) is 6.04 Å². The van der Waals surface area contributed by atoms with Crippen LogP contribution in [0.5, 0.6) is 0 Å². The molecule has 3 rings (SSSR count). The van der Waals surface area contributed by atoms with E-state index in [0.717, 1.165) is 23.1 Å². The first kappa shape index (κ1) is 12.3. The van der Waals surface area contributed by atoms with E-state index in [1.807, 2.05) is 11.4 Å². The zero-order chi connectivity index (χ0) is 13.2. The fourth-order valence-corrected chi connectivity index (χ4v) is 2.97. The highest BCUT2D eigenvalue weighted by Crippen LogP contribution is 2.35. The van der Waals surface area contributed by atoms with Crippen molar-refractivity contribution < 1.29 is 9.66 Å². The number of nitrogens with one attached hydrogen (secondary N) is 1. The van der Waals surface area contributed by atoms with Crippen LogP contribution in [0.15, 0.2) is 17.6 Å². The molecule has 1 radical (unpaired) electrons.